The average molecular weight is 245 g/mol. The van der Waals surface area contributed by atoms with E-state index in [1.807, 2.05) is 0 Å². The molecule has 86 valence electrons. The van der Waals surface area contributed by atoms with Gasteiger partial charge in [-0.15, -0.1) is 0 Å². The Bertz CT molecular complexity index is 410. The van der Waals surface area contributed by atoms with Crippen molar-refractivity contribution in [2.45, 2.75) is 6.04 Å². The maximum Gasteiger partial charge on any atom is 0.328 e. The highest BCUT2D eigenvalue weighted by Crippen LogP contribution is 2.05. The molecular weight excluding hydrogens is 236 g/mol. The summed E-state index contributed by atoms with van der Waals surface area (Å²) in [5.74, 6) is -2.03. The molecule has 0 spiro atoms. The van der Waals surface area contributed by atoms with Crippen LogP contribution >= 0.6 is 11.6 Å². The minimum Gasteiger partial charge on any atom is -0.480 e. The molecule has 0 radical (unpaired) electrons. The van der Waals surface area contributed by atoms with Crippen molar-refractivity contribution in [2.75, 3.05) is 6.61 Å². The van der Waals surface area contributed by atoms with Gasteiger partial charge < -0.3 is 15.5 Å². The first-order valence-electron chi connectivity index (χ1n) is 4.31. The Labute approximate surface area is 95.9 Å². The van der Waals surface area contributed by atoms with E-state index in [1.165, 1.54) is 18.2 Å². The van der Waals surface area contributed by atoms with Gasteiger partial charge in [0.15, 0.2) is 6.04 Å². The molecule has 7 heteroatoms. The minimum absolute atomic E-state index is 0.00722. The van der Waals surface area contributed by atoms with Crippen molar-refractivity contribution >= 4 is 23.5 Å². The fourth-order valence-electron chi connectivity index (χ4n) is 0.952. The number of carbonyl (C=O) groups excluding carboxylic acids is 1. The lowest BCUT2D eigenvalue weighted by Crippen LogP contribution is -2.43. The fourth-order valence-corrected chi connectivity index (χ4v) is 1.12. The van der Waals surface area contributed by atoms with Gasteiger partial charge in [-0.05, 0) is 12.1 Å². The standard InChI is InChI=1S/C9H9ClN2O4/c10-7-3-1-2-5(11-7)8(14)12-6(4-13)9(15)16/h1-3,6,13H,4H2,(H,12,14)(H,15,16)/t6-/m1/s1. The predicted octanol–water partition coefficient (Wildman–Crippen LogP) is -0.0897. The largest absolute Gasteiger partial charge is 0.480 e. The quantitative estimate of drug-likeness (QED) is 0.643. The van der Waals surface area contributed by atoms with Crippen LogP contribution in [0.5, 0.6) is 0 Å². The Hall–Kier alpha value is -1.66. The molecule has 1 aromatic rings. The molecule has 1 heterocycles. The van der Waals surface area contributed by atoms with Gasteiger partial charge in [0.05, 0.1) is 6.61 Å². The number of nitrogens with one attached hydrogen (secondary N) is 1. The smallest absolute Gasteiger partial charge is 0.328 e. The van der Waals surface area contributed by atoms with Crippen LogP contribution in [0.4, 0.5) is 0 Å². The van der Waals surface area contributed by atoms with Crippen molar-refractivity contribution in [2.24, 2.45) is 0 Å². The molecule has 0 saturated carbocycles. The van der Waals surface area contributed by atoms with E-state index in [0.29, 0.717) is 0 Å². The highest BCUT2D eigenvalue weighted by molar-refractivity contribution is 6.29. The van der Waals surface area contributed by atoms with Crippen molar-refractivity contribution in [1.82, 2.24) is 10.3 Å². The molecule has 1 amide bonds. The van der Waals surface area contributed by atoms with Gasteiger partial charge in [-0.25, -0.2) is 9.78 Å². The molecule has 0 fully saturated rings. The number of carboxylic acid groups (broad SMARTS) is 1. The first-order chi connectivity index (χ1) is 7.54. The van der Waals surface area contributed by atoms with Gasteiger partial charge in [-0.3, -0.25) is 4.79 Å². The third-order valence-corrected chi connectivity index (χ3v) is 1.94. The van der Waals surface area contributed by atoms with Gasteiger partial charge in [-0.1, -0.05) is 17.7 Å². The van der Waals surface area contributed by atoms with Crippen LogP contribution in [0.15, 0.2) is 18.2 Å². The van der Waals surface area contributed by atoms with E-state index in [-0.39, 0.29) is 10.8 Å². The normalized spacial score (nSPS) is 11.9. The highest BCUT2D eigenvalue weighted by atomic mass is 35.5. The molecule has 0 unspecified atom stereocenters. The third-order valence-electron chi connectivity index (χ3n) is 1.73. The van der Waals surface area contributed by atoms with Crippen LogP contribution in [0, 0.1) is 0 Å². The number of carbonyl (C=O) groups is 2. The molecule has 3 N–H and O–H groups in total. The number of aliphatic carboxylic acids is 1. The van der Waals surface area contributed by atoms with E-state index < -0.39 is 24.5 Å². The molecule has 6 nitrogen and oxygen atoms in total. The van der Waals surface area contributed by atoms with Crippen LogP contribution in [-0.4, -0.2) is 39.7 Å². The number of aromatic nitrogens is 1. The number of hydrogen-bond acceptors (Lipinski definition) is 4. The van der Waals surface area contributed by atoms with Gasteiger partial charge in [-0.2, -0.15) is 0 Å². The summed E-state index contributed by atoms with van der Waals surface area (Å²) in [6.45, 7) is -0.693. The molecule has 0 saturated heterocycles. The molecule has 0 aromatic carbocycles. The second-order valence-corrected chi connectivity index (χ2v) is 3.28. The van der Waals surface area contributed by atoms with E-state index in [4.69, 9.17) is 21.8 Å². The number of pyridine rings is 1. The zero-order chi connectivity index (χ0) is 12.1. The number of carboxylic acids is 1. The molecule has 0 aliphatic heterocycles. The molecule has 0 bridgehead atoms. The average Bonchev–Trinajstić information content (AvgIpc) is 2.25. The van der Waals surface area contributed by atoms with Crippen molar-refractivity contribution in [1.29, 1.82) is 0 Å². The lowest BCUT2D eigenvalue weighted by molar-refractivity contribution is -0.140. The van der Waals surface area contributed by atoms with Crippen LogP contribution in [-0.2, 0) is 4.79 Å². The van der Waals surface area contributed by atoms with E-state index in [2.05, 4.69) is 10.3 Å². The second kappa shape index (κ2) is 5.43. The van der Waals surface area contributed by atoms with Gasteiger partial charge in [0.1, 0.15) is 10.8 Å². The molecule has 1 rings (SSSR count). The lowest BCUT2D eigenvalue weighted by atomic mass is 10.3. The predicted molar refractivity (Wildman–Crippen MR) is 55.2 cm³/mol. The third kappa shape index (κ3) is 3.18. The molecular formula is C9H9ClN2O4. The molecule has 16 heavy (non-hydrogen) atoms. The van der Waals surface area contributed by atoms with E-state index in [9.17, 15) is 9.59 Å². The van der Waals surface area contributed by atoms with Crippen molar-refractivity contribution in [3.8, 4) is 0 Å². The fraction of sp³-hybridized carbons (Fsp3) is 0.222. The SMILES string of the molecule is O=C(N[C@H](CO)C(=O)O)c1cccc(Cl)n1. The number of aliphatic hydroxyl groups is 1. The van der Waals surface area contributed by atoms with Crippen LogP contribution in [0.3, 0.4) is 0 Å². The number of halogens is 1. The first kappa shape index (κ1) is 12.4. The first-order valence-corrected chi connectivity index (χ1v) is 4.69. The Kier molecular flexibility index (Phi) is 4.21. The lowest BCUT2D eigenvalue weighted by Gasteiger charge is -2.10. The summed E-state index contributed by atoms with van der Waals surface area (Å²) in [4.78, 5) is 25.7. The summed E-state index contributed by atoms with van der Waals surface area (Å²) in [6.07, 6.45) is 0. The van der Waals surface area contributed by atoms with Crippen LogP contribution in [0.25, 0.3) is 0 Å². The summed E-state index contributed by atoms with van der Waals surface area (Å²) < 4.78 is 0. The molecule has 0 aliphatic carbocycles. The zero-order valence-electron chi connectivity index (χ0n) is 8.05. The van der Waals surface area contributed by atoms with E-state index >= 15 is 0 Å². The summed E-state index contributed by atoms with van der Waals surface area (Å²) in [7, 11) is 0. The van der Waals surface area contributed by atoms with E-state index in [1.54, 1.807) is 0 Å². The Morgan fingerprint density at radius 1 is 1.50 bits per heavy atom. The monoisotopic (exact) mass is 244 g/mol. The van der Waals surface area contributed by atoms with Crippen molar-refractivity contribution in [3.63, 3.8) is 0 Å². The number of hydrogen-bond donors (Lipinski definition) is 3. The minimum atomic E-state index is -1.35. The number of rotatable bonds is 4. The molecule has 0 aliphatic rings. The number of nitrogens with zero attached hydrogens (tertiary/aromatic N) is 1. The maximum absolute atomic E-state index is 11.5. The second-order valence-electron chi connectivity index (χ2n) is 2.89. The highest BCUT2D eigenvalue weighted by Gasteiger charge is 2.20. The van der Waals surface area contributed by atoms with Gasteiger partial charge >= 0.3 is 5.97 Å². The molecule has 1 atom stereocenters. The Morgan fingerprint density at radius 3 is 2.69 bits per heavy atom. The zero-order valence-corrected chi connectivity index (χ0v) is 8.81. The van der Waals surface area contributed by atoms with Gasteiger partial charge in [0, 0.05) is 0 Å². The Morgan fingerprint density at radius 2 is 2.19 bits per heavy atom. The summed E-state index contributed by atoms with van der Waals surface area (Å²) in [5, 5.41) is 19.5. The van der Waals surface area contributed by atoms with Crippen molar-refractivity contribution < 1.29 is 19.8 Å². The number of amides is 1. The van der Waals surface area contributed by atoms with Crippen LogP contribution in [0.2, 0.25) is 5.15 Å². The summed E-state index contributed by atoms with van der Waals surface area (Å²) >= 11 is 5.57. The maximum atomic E-state index is 11.5. The van der Waals surface area contributed by atoms with Gasteiger partial charge in [0.2, 0.25) is 0 Å². The molecule has 1 aromatic heterocycles. The van der Waals surface area contributed by atoms with Crippen LogP contribution in [0.1, 0.15) is 10.5 Å². The summed E-state index contributed by atoms with van der Waals surface area (Å²) in [5.41, 5.74) is -0.00722. The van der Waals surface area contributed by atoms with Gasteiger partial charge in [0.25, 0.3) is 5.91 Å². The number of aliphatic hydroxyl groups excluding tert-OH is 1. The Balaban J connectivity index is 2.75. The van der Waals surface area contributed by atoms with Crippen molar-refractivity contribution in [3.05, 3.63) is 29.0 Å². The summed E-state index contributed by atoms with van der Waals surface area (Å²) in [6, 6.07) is 3.03. The van der Waals surface area contributed by atoms with E-state index in [0.717, 1.165) is 0 Å². The topological polar surface area (TPSA) is 99.5 Å². The van der Waals surface area contributed by atoms with Crippen LogP contribution < -0.4 is 5.32 Å².